The number of aliphatic imine (C=N–C) groups is 1. The number of nitrogens with one attached hydrogen (secondary N) is 1. The Kier molecular flexibility index (Phi) is 4.63. The highest BCUT2D eigenvalue weighted by atomic mass is 16.5. The number of nitrogens with zero attached hydrogens (tertiary/aromatic N) is 1. The first-order chi connectivity index (χ1) is 10.4. The van der Waals surface area contributed by atoms with E-state index in [9.17, 15) is 0 Å². The third-order valence-electron chi connectivity index (χ3n) is 4.19. The molecule has 0 unspecified atom stereocenters. The Labute approximate surface area is 126 Å². The van der Waals surface area contributed by atoms with Gasteiger partial charge in [0.1, 0.15) is 5.84 Å². The molecule has 21 heavy (non-hydrogen) atoms. The van der Waals surface area contributed by atoms with Crippen molar-refractivity contribution < 1.29 is 9.47 Å². The third kappa shape index (κ3) is 3.31. The van der Waals surface area contributed by atoms with Gasteiger partial charge in [0.05, 0.1) is 18.8 Å². The van der Waals surface area contributed by atoms with Crippen LogP contribution in [0, 0.1) is 0 Å². The monoisotopic (exact) mass is 288 g/mol. The number of amidine groups is 1. The zero-order valence-electron chi connectivity index (χ0n) is 12.7. The number of rotatable bonds is 4. The van der Waals surface area contributed by atoms with Gasteiger partial charge in [-0.25, -0.2) is 0 Å². The summed E-state index contributed by atoms with van der Waals surface area (Å²) in [6.45, 7) is 1.85. The number of ether oxygens (including phenoxy) is 2. The highest BCUT2D eigenvalue weighted by Gasteiger charge is 2.21. The highest BCUT2D eigenvalue weighted by molar-refractivity contribution is 6.02. The van der Waals surface area contributed by atoms with Gasteiger partial charge in [-0.3, -0.25) is 4.99 Å². The molecule has 0 atom stereocenters. The second-order valence-corrected chi connectivity index (χ2v) is 5.73. The maximum atomic E-state index is 6.32. The van der Waals surface area contributed by atoms with Gasteiger partial charge in [-0.1, -0.05) is 12.5 Å². The summed E-state index contributed by atoms with van der Waals surface area (Å²) in [6.07, 6.45) is 7.51. The predicted molar refractivity (Wildman–Crippen MR) is 84.5 cm³/mol. The molecule has 1 N–H and O–H groups in total. The van der Waals surface area contributed by atoms with Gasteiger partial charge < -0.3 is 14.8 Å². The van der Waals surface area contributed by atoms with Crippen LogP contribution in [0.1, 0.15) is 44.1 Å². The zero-order chi connectivity index (χ0) is 14.5. The quantitative estimate of drug-likeness (QED) is 0.925. The highest BCUT2D eigenvalue weighted by Crippen LogP contribution is 2.34. The van der Waals surface area contributed by atoms with E-state index in [2.05, 4.69) is 16.4 Å². The van der Waals surface area contributed by atoms with Crippen LogP contribution in [0.3, 0.4) is 0 Å². The summed E-state index contributed by atoms with van der Waals surface area (Å²) in [7, 11) is 1.70. The van der Waals surface area contributed by atoms with E-state index in [1.807, 2.05) is 12.1 Å². The van der Waals surface area contributed by atoms with Gasteiger partial charge in [0, 0.05) is 13.1 Å². The number of benzene rings is 1. The maximum Gasteiger partial charge on any atom is 0.172 e. The zero-order valence-corrected chi connectivity index (χ0v) is 12.7. The molecular formula is C17H24N2O2. The Morgan fingerprint density at radius 1 is 1.14 bits per heavy atom. The van der Waals surface area contributed by atoms with Crippen LogP contribution in [0.25, 0.3) is 0 Å². The van der Waals surface area contributed by atoms with E-state index in [1.54, 1.807) is 7.11 Å². The lowest BCUT2D eigenvalue weighted by molar-refractivity contribution is 0.149. The molecule has 0 saturated heterocycles. The number of para-hydroxylation sites is 1. The van der Waals surface area contributed by atoms with Gasteiger partial charge in [0.15, 0.2) is 11.5 Å². The average Bonchev–Trinajstić information content (AvgIpc) is 2.57. The van der Waals surface area contributed by atoms with Crippen LogP contribution >= 0.6 is 0 Å². The van der Waals surface area contributed by atoms with Crippen molar-refractivity contribution in [3.05, 3.63) is 23.8 Å². The van der Waals surface area contributed by atoms with Crippen LogP contribution in [-0.4, -0.2) is 32.1 Å². The van der Waals surface area contributed by atoms with E-state index < -0.39 is 0 Å². The van der Waals surface area contributed by atoms with Crippen molar-refractivity contribution in [2.45, 2.75) is 44.6 Å². The Balaban J connectivity index is 1.89. The molecule has 2 aliphatic rings. The van der Waals surface area contributed by atoms with E-state index in [-0.39, 0.29) is 0 Å². The molecule has 4 heteroatoms. The van der Waals surface area contributed by atoms with Crippen LogP contribution in [0.2, 0.25) is 0 Å². The molecule has 1 aromatic rings. The van der Waals surface area contributed by atoms with Crippen LogP contribution in [0.5, 0.6) is 11.5 Å². The molecule has 1 fully saturated rings. The lowest BCUT2D eigenvalue weighted by Gasteiger charge is -2.26. The van der Waals surface area contributed by atoms with Crippen molar-refractivity contribution in [3.63, 3.8) is 0 Å². The van der Waals surface area contributed by atoms with E-state index in [0.717, 1.165) is 55.3 Å². The first kappa shape index (κ1) is 14.2. The second-order valence-electron chi connectivity index (χ2n) is 5.73. The normalized spacial score (nSPS) is 19.6. The molecular weight excluding hydrogens is 264 g/mol. The molecule has 1 aliphatic heterocycles. The fraction of sp³-hybridized carbons (Fsp3) is 0.588. The minimum Gasteiger partial charge on any atom is -0.493 e. The van der Waals surface area contributed by atoms with E-state index >= 15 is 0 Å². The van der Waals surface area contributed by atoms with Crippen LogP contribution in [0.15, 0.2) is 23.2 Å². The lowest BCUT2D eigenvalue weighted by Crippen LogP contribution is -2.31. The molecule has 3 rings (SSSR count). The van der Waals surface area contributed by atoms with Crippen molar-refractivity contribution in [3.8, 4) is 11.5 Å². The minimum absolute atomic E-state index is 0.304. The molecule has 0 amide bonds. The fourth-order valence-corrected chi connectivity index (χ4v) is 3.05. The van der Waals surface area contributed by atoms with Gasteiger partial charge >= 0.3 is 0 Å². The topological polar surface area (TPSA) is 42.8 Å². The smallest absolute Gasteiger partial charge is 0.172 e. The molecule has 0 radical (unpaired) electrons. The summed E-state index contributed by atoms with van der Waals surface area (Å²) in [5, 5.41) is 3.38. The summed E-state index contributed by atoms with van der Waals surface area (Å²) in [6, 6.07) is 6.03. The number of hydrogen-bond acceptors (Lipinski definition) is 4. The number of hydrogen-bond donors (Lipinski definition) is 1. The van der Waals surface area contributed by atoms with Crippen molar-refractivity contribution in [1.29, 1.82) is 0 Å². The van der Waals surface area contributed by atoms with Crippen molar-refractivity contribution >= 4 is 5.84 Å². The minimum atomic E-state index is 0.304. The van der Waals surface area contributed by atoms with Gasteiger partial charge in [0.25, 0.3) is 0 Å². The van der Waals surface area contributed by atoms with Gasteiger partial charge in [-0.15, -0.1) is 0 Å². The SMILES string of the molecule is COc1cccc(C2=NCCCN2)c1OC1CCCCC1. The Morgan fingerprint density at radius 3 is 2.71 bits per heavy atom. The van der Waals surface area contributed by atoms with Gasteiger partial charge in [0.2, 0.25) is 0 Å². The van der Waals surface area contributed by atoms with E-state index in [0.29, 0.717) is 6.10 Å². The van der Waals surface area contributed by atoms with Crippen LogP contribution in [0.4, 0.5) is 0 Å². The third-order valence-corrected chi connectivity index (χ3v) is 4.19. The predicted octanol–water partition coefficient (Wildman–Crippen LogP) is 3.15. The Morgan fingerprint density at radius 2 is 2.00 bits per heavy atom. The second kappa shape index (κ2) is 6.83. The van der Waals surface area contributed by atoms with Gasteiger partial charge in [-0.05, 0) is 44.2 Å². The first-order valence-electron chi connectivity index (χ1n) is 8.01. The molecule has 0 bridgehead atoms. The standard InChI is InChI=1S/C17H24N2O2/c1-20-15-10-5-9-14(17-18-11-6-12-19-17)16(15)21-13-7-3-2-4-8-13/h5,9-10,13H,2-4,6-8,11-12H2,1H3,(H,18,19). The van der Waals surface area contributed by atoms with Crippen molar-refractivity contribution in [2.75, 3.05) is 20.2 Å². The molecule has 0 aromatic heterocycles. The van der Waals surface area contributed by atoms with Gasteiger partial charge in [-0.2, -0.15) is 0 Å². The van der Waals surface area contributed by atoms with E-state index in [4.69, 9.17) is 9.47 Å². The fourth-order valence-electron chi connectivity index (χ4n) is 3.05. The summed E-state index contributed by atoms with van der Waals surface area (Å²) < 4.78 is 11.8. The molecule has 1 saturated carbocycles. The van der Waals surface area contributed by atoms with E-state index in [1.165, 1.54) is 19.3 Å². The molecule has 1 aromatic carbocycles. The molecule has 1 aliphatic carbocycles. The lowest BCUT2D eigenvalue weighted by atomic mass is 9.97. The summed E-state index contributed by atoms with van der Waals surface area (Å²) in [4.78, 5) is 4.60. The van der Waals surface area contributed by atoms with Crippen molar-refractivity contribution in [2.24, 2.45) is 4.99 Å². The molecule has 0 spiro atoms. The summed E-state index contributed by atoms with van der Waals surface area (Å²) in [5.74, 6) is 2.58. The molecule has 114 valence electrons. The summed E-state index contributed by atoms with van der Waals surface area (Å²) >= 11 is 0. The maximum absolute atomic E-state index is 6.32. The summed E-state index contributed by atoms with van der Waals surface area (Å²) in [5.41, 5.74) is 1.03. The van der Waals surface area contributed by atoms with Crippen LogP contribution < -0.4 is 14.8 Å². The van der Waals surface area contributed by atoms with Crippen LogP contribution in [-0.2, 0) is 0 Å². The van der Waals surface area contributed by atoms with Crippen molar-refractivity contribution in [1.82, 2.24) is 5.32 Å². The largest absolute Gasteiger partial charge is 0.493 e. The Bertz CT molecular complexity index is 508. The molecule has 4 nitrogen and oxygen atoms in total. The Hall–Kier alpha value is -1.71. The first-order valence-corrected chi connectivity index (χ1v) is 8.01. The number of methoxy groups -OCH3 is 1. The average molecular weight is 288 g/mol. The molecule has 1 heterocycles.